The standard InChI is InChI=1S/C22H21FN8O4/c1-3-33-18-10-14(7-8-17(18)34-12-15-5-4-6-16(23)9-15)11-25-27-22(32)19-13(2)26-30-31(19)21-20(24)28-35-29-21/h4-11H,3,12H2,1-2H3,(H2,24,28)(H,27,32). The third kappa shape index (κ3) is 5.40. The van der Waals surface area contributed by atoms with Crippen LogP contribution in [0.3, 0.4) is 0 Å². The van der Waals surface area contributed by atoms with Crippen LogP contribution in [0.4, 0.5) is 10.2 Å². The molecule has 2 aromatic heterocycles. The van der Waals surface area contributed by atoms with Crippen molar-refractivity contribution in [1.29, 1.82) is 0 Å². The van der Waals surface area contributed by atoms with Gasteiger partial charge in [-0.3, -0.25) is 4.79 Å². The van der Waals surface area contributed by atoms with Gasteiger partial charge >= 0.3 is 0 Å². The molecule has 2 heterocycles. The SMILES string of the molecule is CCOc1cc(C=NNC(=O)c2c(C)nnn2-c2nonc2N)ccc1OCc1cccc(F)c1. The van der Waals surface area contributed by atoms with Crippen molar-refractivity contribution in [2.45, 2.75) is 20.5 Å². The molecule has 35 heavy (non-hydrogen) atoms. The van der Waals surface area contributed by atoms with Crippen molar-refractivity contribution >= 4 is 17.9 Å². The number of hydrazone groups is 1. The number of aryl methyl sites for hydroxylation is 1. The third-order valence-corrected chi connectivity index (χ3v) is 4.68. The fraction of sp³-hybridized carbons (Fsp3) is 0.182. The maximum Gasteiger partial charge on any atom is 0.292 e. The van der Waals surface area contributed by atoms with E-state index in [9.17, 15) is 9.18 Å². The molecule has 0 unspecified atom stereocenters. The van der Waals surface area contributed by atoms with Crippen LogP contribution in [0.15, 0.2) is 52.2 Å². The number of amides is 1. The Bertz CT molecular complexity index is 1370. The Balaban J connectivity index is 1.46. The molecular formula is C22H21FN8O4. The number of halogens is 1. The maximum atomic E-state index is 13.4. The lowest BCUT2D eigenvalue weighted by molar-refractivity contribution is 0.0946. The Labute approximate surface area is 198 Å². The second-order valence-corrected chi connectivity index (χ2v) is 7.17. The number of ether oxygens (including phenoxy) is 2. The predicted octanol–water partition coefficient (Wildman–Crippen LogP) is 2.42. The molecule has 0 aliphatic carbocycles. The molecule has 3 N–H and O–H groups in total. The van der Waals surface area contributed by atoms with Crippen LogP contribution in [0.25, 0.3) is 5.82 Å². The van der Waals surface area contributed by atoms with Crippen LogP contribution in [-0.4, -0.2) is 44.0 Å². The first-order valence-corrected chi connectivity index (χ1v) is 10.4. The molecule has 0 saturated carbocycles. The number of nitrogens with zero attached hydrogens (tertiary/aromatic N) is 6. The number of benzene rings is 2. The summed E-state index contributed by atoms with van der Waals surface area (Å²) in [5.74, 6) is 0.0321. The molecule has 13 heteroatoms. The average molecular weight is 480 g/mol. The number of anilines is 1. The molecule has 0 radical (unpaired) electrons. The van der Waals surface area contributed by atoms with E-state index in [2.05, 4.69) is 35.8 Å². The van der Waals surface area contributed by atoms with Gasteiger partial charge in [0.25, 0.3) is 5.91 Å². The van der Waals surface area contributed by atoms with E-state index in [0.717, 1.165) is 4.68 Å². The van der Waals surface area contributed by atoms with E-state index in [0.29, 0.717) is 34.9 Å². The van der Waals surface area contributed by atoms with Gasteiger partial charge in [-0.1, -0.05) is 17.3 Å². The smallest absolute Gasteiger partial charge is 0.292 e. The molecule has 12 nitrogen and oxygen atoms in total. The zero-order valence-corrected chi connectivity index (χ0v) is 18.8. The fourth-order valence-corrected chi connectivity index (χ4v) is 3.10. The van der Waals surface area contributed by atoms with E-state index >= 15 is 0 Å². The number of hydrogen-bond donors (Lipinski definition) is 2. The first-order chi connectivity index (χ1) is 17.0. The Morgan fingerprint density at radius 1 is 1.23 bits per heavy atom. The van der Waals surface area contributed by atoms with Gasteiger partial charge in [0, 0.05) is 0 Å². The largest absolute Gasteiger partial charge is 0.490 e. The fourth-order valence-electron chi connectivity index (χ4n) is 3.10. The molecule has 0 bridgehead atoms. The molecule has 0 fully saturated rings. The number of nitrogens with one attached hydrogen (secondary N) is 1. The lowest BCUT2D eigenvalue weighted by Crippen LogP contribution is -2.22. The molecule has 2 aromatic carbocycles. The van der Waals surface area contributed by atoms with Gasteiger partial charge in [0.1, 0.15) is 12.4 Å². The quantitative estimate of drug-likeness (QED) is 0.271. The lowest BCUT2D eigenvalue weighted by atomic mass is 10.2. The van der Waals surface area contributed by atoms with Crippen LogP contribution in [-0.2, 0) is 6.61 Å². The summed E-state index contributed by atoms with van der Waals surface area (Å²) >= 11 is 0. The van der Waals surface area contributed by atoms with Crippen LogP contribution in [0, 0.1) is 12.7 Å². The first-order valence-electron chi connectivity index (χ1n) is 10.4. The Kier molecular flexibility index (Phi) is 6.95. The average Bonchev–Trinajstić information content (AvgIpc) is 3.43. The second kappa shape index (κ2) is 10.4. The first kappa shape index (κ1) is 23.4. The molecule has 1 amide bonds. The van der Waals surface area contributed by atoms with Crippen molar-refractivity contribution in [2.75, 3.05) is 12.3 Å². The van der Waals surface area contributed by atoms with Gasteiger partial charge in [-0.25, -0.2) is 14.4 Å². The van der Waals surface area contributed by atoms with Gasteiger partial charge in [-0.2, -0.15) is 9.78 Å². The van der Waals surface area contributed by atoms with Crippen molar-refractivity contribution < 1.29 is 23.3 Å². The molecule has 4 aromatic rings. The maximum absolute atomic E-state index is 13.4. The van der Waals surface area contributed by atoms with Crippen molar-refractivity contribution in [1.82, 2.24) is 30.7 Å². The minimum atomic E-state index is -0.591. The number of hydrogen-bond acceptors (Lipinski definition) is 10. The van der Waals surface area contributed by atoms with E-state index in [1.54, 1.807) is 37.3 Å². The topological polar surface area (TPSA) is 156 Å². The van der Waals surface area contributed by atoms with Crippen LogP contribution in [0.2, 0.25) is 0 Å². The highest BCUT2D eigenvalue weighted by atomic mass is 19.1. The van der Waals surface area contributed by atoms with E-state index in [4.69, 9.17) is 15.2 Å². The second-order valence-electron chi connectivity index (χ2n) is 7.17. The number of carbonyl (C=O) groups is 1. The van der Waals surface area contributed by atoms with Crippen LogP contribution in [0.5, 0.6) is 11.5 Å². The summed E-state index contributed by atoms with van der Waals surface area (Å²) in [6.45, 7) is 4.02. The van der Waals surface area contributed by atoms with Crippen molar-refractivity contribution in [3.63, 3.8) is 0 Å². The van der Waals surface area contributed by atoms with Crippen molar-refractivity contribution in [3.8, 4) is 17.3 Å². The van der Waals surface area contributed by atoms with Gasteiger partial charge < -0.3 is 15.2 Å². The van der Waals surface area contributed by atoms with Crippen LogP contribution >= 0.6 is 0 Å². The summed E-state index contributed by atoms with van der Waals surface area (Å²) in [7, 11) is 0. The number of nitrogens with two attached hydrogens (primary N) is 1. The Hall–Kier alpha value is -4.81. The molecule has 0 saturated heterocycles. The summed E-state index contributed by atoms with van der Waals surface area (Å²) in [4.78, 5) is 12.7. The van der Waals surface area contributed by atoms with Crippen molar-refractivity contribution in [3.05, 3.63) is 70.8 Å². The lowest BCUT2D eigenvalue weighted by Gasteiger charge is -2.12. The highest BCUT2D eigenvalue weighted by Gasteiger charge is 2.22. The van der Waals surface area contributed by atoms with E-state index < -0.39 is 5.91 Å². The van der Waals surface area contributed by atoms with Gasteiger partial charge in [0.05, 0.1) is 18.5 Å². The molecular weight excluding hydrogens is 459 g/mol. The molecule has 0 spiro atoms. The summed E-state index contributed by atoms with van der Waals surface area (Å²) in [6, 6.07) is 11.3. The number of nitrogen functional groups attached to an aromatic ring is 1. The minimum absolute atomic E-state index is 0.0370. The zero-order chi connectivity index (χ0) is 24.8. The summed E-state index contributed by atoms with van der Waals surface area (Å²) in [5.41, 5.74) is 9.83. The van der Waals surface area contributed by atoms with E-state index in [-0.39, 0.29) is 29.8 Å². The molecule has 180 valence electrons. The Morgan fingerprint density at radius 2 is 2.09 bits per heavy atom. The minimum Gasteiger partial charge on any atom is -0.490 e. The van der Waals surface area contributed by atoms with E-state index in [1.165, 1.54) is 18.3 Å². The Morgan fingerprint density at radius 3 is 2.83 bits per heavy atom. The van der Waals surface area contributed by atoms with Gasteiger partial charge in [-0.15, -0.1) is 5.10 Å². The molecule has 0 aliphatic heterocycles. The molecule has 0 aliphatic rings. The normalized spacial score (nSPS) is 11.1. The predicted molar refractivity (Wildman–Crippen MR) is 122 cm³/mol. The summed E-state index contributed by atoms with van der Waals surface area (Å²) in [6.07, 6.45) is 1.44. The molecule has 0 atom stereocenters. The van der Waals surface area contributed by atoms with E-state index in [1.807, 2.05) is 6.92 Å². The van der Waals surface area contributed by atoms with Crippen LogP contribution in [0.1, 0.15) is 34.2 Å². The van der Waals surface area contributed by atoms with Gasteiger partial charge in [0.2, 0.25) is 11.6 Å². The summed E-state index contributed by atoms with van der Waals surface area (Å²) < 4.78 is 30.5. The number of aromatic nitrogens is 5. The third-order valence-electron chi connectivity index (χ3n) is 4.68. The molecule has 4 rings (SSSR count). The van der Waals surface area contributed by atoms with Gasteiger partial charge in [-0.05, 0) is 65.6 Å². The number of carbonyl (C=O) groups excluding carboxylic acids is 1. The highest BCUT2D eigenvalue weighted by Crippen LogP contribution is 2.29. The van der Waals surface area contributed by atoms with Crippen LogP contribution < -0.4 is 20.6 Å². The highest BCUT2D eigenvalue weighted by molar-refractivity contribution is 5.94. The zero-order valence-electron chi connectivity index (χ0n) is 18.8. The monoisotopic (exact) mass is 480 g/mol. The summed E-state index contributed by atoms with van der Waals surface area (Å²) in [5, 5.41) is 18.8. The number of rotatable bonds is 9. The van der Waals surface area contributed by atoms with Gasteiger partial charge in [0.15, 0.2) is 17.2 Å². The van der Waals surface area contributed by atoms with Crippen molar-refractivity contribution in [2.24, 2.45) is 5.10 Å².